The van der Waals surface area contributed by atoms with Gasteiger partial charge < -0.3 is 0 Å². The summed E-state index contributed by atoms with van der Waals surface area (Å²) in [5.74, 6) is 0.654. The normalized spacial score (nSPS) is 10.3. The van der Waals surface area contributed by atoms with Crippen LogP contribution in [-0.4, -0.2) is 11.5 Å². The highest BCUT2D eigenvalue weighted by Gasteiger charge is 2.10. The van der Waals surface area contributed by atoms with E-state index in [9.17, 15) is 4.79 Å². The molecule has 0 saturated heterocycles. The van der Waals surface area contributed by atoms with Crippen LogP contribution in [0.4, 0.5) is 0 Å². The molecule has 0 fully saturated rings. The summed E-state index contributed by atoms with van der Waals surface area (Å²) in [4.78, 5) is 13.0. The van der Waals surface area contributed by atoms with Crippen LogP contribution in [0.25, 0.3) is 0 Å². The first-order valence-corrected chi connectivity index (χ1v) is 7.42. The zero-order valence-electron chi connectivity index (χ0n) is 8.35. The van der Waals surface area contributed by atoms with Crippen molar-refractivity contribution in [3.63, 3.8) is 0 Å². The van der Waals surface area contributed by atoms with Gasteiger partial charge in [0.2, 0.25) is 0 Å². The lowest BCUT2D eigenvalue weighted by molar-refractivity contribution is 0.102. The maximum absolute atomic E-state index is 11.9. The van der Waals surface area contributed by atoms with Crippen LogP contribution in [-0.2, 0) is 0 Å². The maximum Gasteiger partial charge on any atom is 0.175 e. The van der Waals surface area contributed by atoms with E-state index < -0.39 is 0 Å². The molecule has 0 spiro atoms. The average molecular weight is 313 g/mol. The summed E-state index contributed by atoms with van der Waals surface area (Å²) in [7, 11) is 0. The van der Waals surface area contributed by atoms with Crippen LogP contribution in [0.15, 0.2) is 50.5 Å². The van der Waals surface area contributed by atoms with Crippen LogP contribution in [0.5, 0.6) is 0 Å². The second-order valence-electron chi connectivity index (χ2n) is 3.16. The summed E-state index contributed by atoms with van der Waals surface area (Å²) < 4.78 is 0.899. The van der Waals surface area contributed by atoms with E-state index in [0.29, 0.717) is 5.75 Å². The van der Waals surface area contributed by atoms with Crippen molar-refractivity contribution in [2.75, 3.05) is 5.75 Å². The van der Waals surface area contributed by atoms with Crippen molar-refractivity contribution >= 4 is 44.8 Å². The number of hydrogen-bond acceptors (Lipinski definition) is 3. The van der Waals surface area contributed by atoms with Crippen LogP contribution in [0.2, 0.25) is 0 Å². The smallest absolute Gasteiger partial charge is 0.175 e. The minimum Gasteiger partial charge on any atom is -0.293 e. The first kappa shape index (κ1) is 11.9. The Labute approximate surface area is 111 Å². The molecule has 16 heavy (non-hydrogen) atoms. The molecule has 0 amide bonds. The summed E-state index contributed by atoms with van der Waals surface area (Å²) in [6.07, 6.45) is 0. The van der Waals surface area contributed by atoms with E-state index in [0.717, 1.165) is 14.9 Å². The first-order chi connectivity index (χ1) is 7.77. The Kier molecular flexibility index (Phi) is 4.21. The molecule has 0 aliphatic carbocycles. The molecule has 2 rings (SSSR count). The molecule has 0 aliphatic heterocycles. The molecule has 1 nitrogen and oxygen atoms in total. The summed E-state index contributed by atoms with van der Waals surface area (Å²) >= 11 is 6.48. The molecule has 82 valence electrons. The molecule has 0 aliphatic rings. The standard InChI is InChI=1S/C12H9BrOS2/c13-11-7-15-6-10(11)12(14)8-16-9-4-2-1-3-5-9/h1-7H,8H2. The van der Waals surface area contributed by atoms with Crippen molar-refractivity contribution in [1.82, 2.24) is 0 Å². The topological polar surface area (TPSA) is 17.1 Å². The molecular formula is C12H9BrOS2. The molecule has 0 atom stereocenters. The molecule has 2 aromatic rings. The van der Waals surface area contributed by atoms with Gasteiger partial charge in [0.1, 0.15) is 0 Å². The van der Waals surface area contributed by atoms with Gasteiger partial charge in [-0.1, -0.05) is 18.2 Å². The van der Waals surface area contributed by atoms with Crippen molar-refractivity contribution < 1.29 is 4.79 Å². The zero-order valence-corrected chi connectivity index (χ0v) is 11.6. The van der Waals surface area contributed by atoms with Crippen molar-refractivity contribution in [3.05, 3.63) is 51.1 Å². The van der Waals surface area contributed by atoms with Gasteiger partial charge in [-0.2, -0.15) is 11.3 Å². The highest BCUT2D eigenvalue weighted by molar-refractivity contribution is 9.10. The number of halogens is 1. The number of thiophene rings is 1. The molecule has 0 bridgehead atoms. The van der Waals surface area contributed by atoms with E-state index in [4.69, 9.17) is 0 Å². The van der Waals surface area contributed by atoms with Crippen LogP contribution < -0.4 is 0 Å². The van der Waals surface area contributed by atoms with Gasteiger partial charge in [-0.3, -0.25) is 4.79 Å². The second kappa shape index (κ2) is 5.66. The van der Waals surface area contributed by atoms with Gasteiger partial charge >= 0.3 is 0 Å². The Bertz CT molecular complexity index is 479. The lowest BCUT2D eigenvalue weighted by Gasteiger charge is -2.00. The minimum atomic E-state index is 0.168. The fourth-order valence-corrected chi connectivity index (χ4v) is 3.55. The van der Waals surface area contributed by atoms with Gasteiger partial charge in [-0.25, -0.2) is 0 Å². The summed E-state index contributed by atoms with van der Waals surface area (Å²) in [5, 5.41) is 3.82. The zero-order chi connectivity index (χ0) is 11.4. The third kappa shape index (κ3) is 2.97. The number of carbonyl (C=O) groups excluding carboxylic acids is 1. The Balaban J connectivity index is 1.97. The van der Waals surface area contributed by atoms with Gasteiger partial charge in [-0.15, -0.1) is 11.8 Å². The molecule has 1 heterocycles. The Morgan fingerprint density at radius 1 is 1.25 bits per heavy atom. The second-order valence-corrected chi connectivity index (χ2v) is 5.80. The van der Waals surface area contributed by atoms with Gasteiger partial charge in [0.25, 0.3) is 0 Å². The minimum absolute atomic E-state index is 0.168. The third-order valence-corrected chi connectivity index (χ3v) is 4.74. The number of rotatable bonds is 4. The highest BCUT2D eigenvalue weighted by Crippen LogP contribution is 2.25. The third-order valence-electron chi connectivity index (χ3n) is 2.03. The molecule has 1 aromatic heterocycles. The number of hydrogen-bond donors (Lipinski definition) is 0. The van der Waals surface area contributed by atoms with E-state index in [2.05, 4.69) is 15.9 Å². The fraction of sp³-hybridized carbons (Fsp3) is 0.0833. The molecule has 0 unspecified atom stereocenters. The summed E-state index contributed by atoms with van der Waals surface area (Å²) in [5.41, 5.74) is 0.786. The largest absolute Gasteiger partial charge is 0.293 e. The van der Waals surface area contributed by atoms with Crippen molar-refractivity contribution in [2.45, 2.75) is 4.90 Å². The molecule has 0 N–H and O–H groups in total. The SMILES string of the molecule is O=C(CSc1ccccc1)c1cscc1Br. The number of benzene rings is 1. The van der Waals surface area contributed by atoms with Crippen LogP contribution in [0, 0.1) is 0 Å². The quantitative estimate of drug-likeness (QED) is 0.611. The first-order valence-electron chi connectivity index (χ1n) is 4.70. The molecule has 1 aromatic carbocycles. The molecule has 0 saturated carbocycles. The van der Waals surface area contributed by atoms with Crippen LogP contribution >= 0.6 is 39.0 Å². The average Bonchev–Trinajstić information content (AvgIpc) is 2.74. The number of thioether (sulfide) groups is 1. The Morgan fingerprint density at radius 2 is 2.00 bits per heavy atom. The maximum atomic E-state index is 11.9. The van der Waals surface area contributed by atoms with Crippen molar-refractivity contribution in [3.8, 4) is 0 Å². The lowest BCUT2D eigenvalue weighted by atomic mass is 10.2. The predicted molar refractivity (Wildman–Crippen MR) is 73.5 cm³/mol. The van der Waals surface area contributed by atoms with Crippen LogP contribution in [0.1, 0.15) is 10.4 Å². The van der Waals surface area contributed by atoms with E-state index >= 15 is 0 Å². The van der Waals surface area contributed by atoms with Gasteiger partial charge in [0, 0.05) is 25.7 Å². The van der Waals surface area contributed by atoms with Gasteiger partial charge in [0.05, 0.1) is 5.75 Å². The fourth-order valence-electron chi connectivity index (χ4n) is 1.22. The lowest BCUT2D eigenvalue weighted by Crippen LogP contribution is -2.01. The van der Waals surface area contributed by atoms with Crippen molar-refractivity contribution in [1.29, 1.82) is 0 Å². The van der Waals surface area contributed by atoms with Gasteiger partial charge in [0.15, 0.2) is 5.78 Å². The summed E-state index contributed by atoms with van der Waals surface area (Å²) in [6, 6.07) is 9.96. The predicted octanol–water partition coefficient (Wildman–Crippen LogP) is 4.49. The highest BCUT2D eigenvalue weighted by atomic mass is 79.9. The van der Waals surface area contributed by atoms with E-state index in [-0.39, 0.29) is 5.78 Å². The Hall–Kier alpha value is -0.580. The number of ketones is 1. The molecule has 4 heteroatoms. The van der Waals surface area contributed by atoms with E-state index in [1.807, 2.05) is 41.1 Å². The monoisotopic (exact) mass is 312 g/mol. The number of Topliss-reactive ketones (excluding diaryl/α,β-unsaturated/α-hetero) is 1. The van der Waals surface area contributed by atoms with Crippen LogP contribution in [0.3, 0.4) is 0 Å². The number of carbonyl (C=O) groups is 1. The van der Waals surface area contributed by atoms with Gasteiger partial charge in [-0.05, 0) is 28.1 Å². The summed E-state index contributed by atoms with van der Waals surface area (Å²) in [6.45, 7) is 0. The van der Waals surface area contributed by atoms with E-state index in [1.54, 1.807) is 11.8 Å². The Morgan fingerprint density at radius 3 is 2.62 bits per heavy atom. The molecule has 0 radical (unpaired) electrons. The van der Waals surface area contributed by atoms with E-state index in [1.165, 1.54) is 11.3 Å². The van der Waals surface area contributed by atoms with Crippen molar-refractivity contribution in [2.24, 2.45) is 0 Å². The molecular weight excluding hydrogens is 304 g/mol.